The van der Waals surface area contributed by atoms with E-state index in [0.717, 1.165) is 19.7 Å². The van der Waals surface area contributed by atoms with Crippen molar-refractivity contribution in [2.75, 3.05) is 19.7 Å². The van der Waals surface area contributed by atoms with Crippen LogP contribution in [0.3, 0.4) is 0 Å². The zero-order chi connectivity index (χ0) is 9.97. The molecule has 0 radical (unpaired) electrons. The average Bonchev–Trinajstić information content (AvgIpc) is 2.68. The van der Waals surface area contributed by atoms with Crippen molar-refractivity contribution >= 4 is 11.3 Å². The minimum absolute atomic E-state index is 0.216. The average molecular weight is 212 g/mol. The molecular formula is C10H16N2OS. The summed E-state index contributed by atoms with van der Waals surface area (Å²) in [6.45, 7) is 7.02. The third kappa shape index (κ3) is 2.13. The molecule has 1 aliphatic heterocycles. The molecule has 1 fully saturated rings. The molecule has 1 aromatic rings. The minimum atomic E-state index is 0.216. The van der Waals surface area contributed by atoms with Gasteiger partial charge in [-0.3, -0.25) is 0 Å². The summed E-state index contributed by atoms with van der Waals surface area (Å²) in [5.74, 6) is 0.519. The van der Waals surface area contributed by atoms with Crippen LogP contribution in [0.5, 0.6) is 0 Å². The van der Waals surface area contributed by atoms with Crippen molar-refractivity contribution in [1.82, 2.24) is 10.3 Å². The lowest BCUT2D eigenvalue weighted by Crippen LogP contribution is -2.32. The second-order valence-electron chi connectivity index (χ2n) is 3.82. The quantitative estimate of drug-likeness (QED) is 0.813. The molecule has 0 saturated carbocycles. The lowest BCUT2D eigenvalue weighted by atomic mass is 10.2. The molecule has 1 saturated heterocycles. The van der Waals surface area contributed by atoms with E-state index in [-0.39, 0.29) is 6.10 Å². The standard InChI is InChI=1S/C10H16N2OS/c1-7(2)10-12-6-9(14-10)8-5-11-3-4-13-8/h6-8,11H,3-5H2,1-2H3. The van der Waals surface area contributed by atoms with E-state index in [4.69, 9.17) is 4.74 Å². The Bertz CT molecular complexity index is 292. The number of rotatable bonds is 2. The molecule has 78 valence electrons. The van der Waals surface area contributed by atoms with E-state index in [1.807, 2.05) is 6.20 Å². The summed E-state index contributed by atoms with van der Waals surface area (Å²) < 4.78 is 5.66. The van der Waals surface area contributed by atoms with Gasteiger partial charge in [0.05, 0.1) is 16.5 Å². The Hall–Kier alpha value is -0.450. The Labute approximate surface area is 88.5 Å². The predicted molar refractivity (Wildman–Crippen MR) is 57.8 cm³/mol. The van der Waals surface area contributed by atoms with E-state index in [1.54, 1.807) is 11.3 Å². The second kappa shape index (κ2) is 4.38. The van der Waals surface area contributed by atoms with Crippen LogP contribution in [0, 0.1) is 0 Å². The van der Waals surface area contributed by atoms with Crippen molar-refractivity contribution in [2.45, 2.75) is 25.9 Å². The van der Waals surface area contributed by atoms with E-state index in [0.29, 0.717) is 5.92 Å². The van der Waals surface area contributed by atoms with Crippen molar-refractivity contribution in [1.29, 1.82) is 0 Å². The van der Waals surface area contributed by atoms with Gasteiger partial charge in [0.1, 0.15) is 6.10 Å². The maximum Gasteiger partial charge on any atom is 0.106 e. The van der Waals surface area contributed by atoms with Crippen LogP contribution < -0.4 is 5.32 Å². The van der Waals surface area contributed by atoms with Crippen LogP contribution in [0.1, 0.15) is 35.8 Å². The van der Waals surface area contributed by atoms with Crippen LogP contribution in [-0.2, 0) is 4.74 Å². The zero-order valence-corrected chi connectivity index (χ0v) is 9.43. The van der Waals surface area contributed by atoms with Gasteiger partial charge < -0.3 is 10.1 Å². The number of hydrogen-bond donors (Lipinski definition) is 1. The third-order valence-corrected chi connectivity index (χ3v) is 3.67. The summed E-state index contributed by atoms with van der Waals surface area (Å²) in [6, 6.07) is 0. The van der Waals surface area contributed by atoms with Crippen LogP contribution in [0.25, 0.3) is 0 Å². The smallest absolute Gasteiger partial charge is 0.106 e. The lowest BCUT2D eigenvalue weighted by Gasteiger charge is -2.22. The molecule has 14 heavy (non-hydrogen) atoms. The number of ether oxygens (including phenoxy) is 1. The van der Waals surface area contributed by atoms with Gasteiger partial charge in [-0.2, -0.15) is 0 Å². The van der Waals surface area contributed by atoms with Crippen LogP contribution in [0.2, 0.25) is 0 Å². The molecule has 1 aromatic heterocycles. The minimum Gasteiger partial charge on any atom is -0.370 e. The molecule has 1 atom stereocenters. The van der Waals surface area contributed by atoms with E-state index >= 15 is 0 Å². The highest BCUT2D eigenvalue weighted by atomic mass is 32.1. The number of thiazole rings is 1. The molecule has 0 aliphatic carbocycles. The predicted octanol–water partition coefficient (Wildman–Crippen LogP) is 1.93. The first-order valence-electron chi connectivity index (χ1n) is 5.05. The van der Waals surface area contributed by atoms with Gasteiger partial charge in [-0.25, -0.2) is 4.98 Å². The van der Waals surface area contributed by atoms with Gasteiger partial charge in [-0.15, -0.1) is 11.3 Å². The molecule has 3 nitrogen and oxygen atoms in total. The first kappa shape index (κ1) is 10.1. The fourth-order valence-electron chi connectivity index (χ4n) is 1.46. The number of hydrogen-bond acceptors (Lipinski definition) is 4. The SMILES string of the molecule is CC(C)c1ncc(C2CNCCO2)s1. The fraction of sp³-hybridized carbons (Fsp3) is 0.700. The van der Waals surface area contributed by atoms with E-state index in [2.05, 4.69) is 24.1 Å². The van der Waals surface area contributed by atoms with Gasteiger partial charge in [0.25, 0.3) is 0 Å². The maximum atomic E-state index is 5.66. The van der Waals surface area contributed by atoms with Crippen molar-refractivity contribution in [3.63, 3.8) is 0 Å². The normalized spacial score (nSPS) is 22.9. The van der Waals surface area contributed by atoms with Crippen molar-refractivity contribution < 1.29 is 4.74 Å². The molecule has 0 aromatic carbocycles. The van der Waals surface area contributed by atoms with Crippen molar-refractivity contribution in [3.05, 3.63) is 16.1 Å². The fourth-order valence-corrected chi connectivity index (χ4v) is 2.44. The molecule has 0 spiro atoms. The number of nitrogens with zero attached hydrogens (tertiary/aromatic N) is 1. The van der Waals surface area contributed by atoms with Crippen LogP contribution >= 0.6 is 11.3 Å². The molecule has 4 heteroatoms. The highest BCUT2D eigenvalue weighted by Gasteiger charge is 2.18. The highest BCUT2D eigenvalue weighted by Crippen LogP contribution is 2.28. The zero-order valence-electron chi connectivity index (χ0n) is 8.62. The topological polar surface area (TPSA) is 34.2 Å². The summed E-state index contributed by atoms with van der Waals surface area (Å²) in [5.41, 5.74) is 0. The van der Waals surface area contributed by atoms with Crippen LogP contribution in [0.4, 0.5) is 0 Å². The third-order valence-electron chi connectivity index (χ3n) is 2.28. The van der Waals surface area contributed by atoms with Crippen LogP contribution in [0.15, 0.2) is 6.20 Å². The molecule has 0 amide bonds. The first-order valence-corrected chi connectivity index (χ1v) is 5.87. The van der Waals surface area contributed by atoms with Gasteiger partial charge in [0.15, 0.2) is 0 Å². The molecule has 1 unspecified atom stereocenters. The Balaban J connectivity index is 2.07. The Kier molecular flexibility index (Phi) is 3.15. The summed E-state index contributed by atoms with van der Waals surface area (Å²) in [6.07, 6.45) is 2.17. The monoisotopic (exact) mass is 212 g/mol. The van der Waals surface area contributed by atoms with Gasteiger partial charge in [0, 0.05) is 25.2 Å². The molecule has 1 N–H and O–H groups in total. The van der Waals surface area contributed by atoms with E-state index < -0.39 is 0 Å². The highest BCUT2D eigenvalue weighted by molar-refractivity contribution is 7.11. The van der Waals surface area contributed by atoms with Gasteiger partial charge >= 0.3 is 0 Å². The lowest BCUT2D eigenvalue weighted by molar-refractivity contribution is 0.0298. The Morgan fingerprint density at radius 3 is 3.07 bits per heavy atom. The summed E-state index contributed by atoms with van der Waals surface area (Å²) in [5, 5.41) is 4.53. The summed E-state index contributed by atoms with van der Waals surface area (Å²) in [4.78, 5) is 5.65. The van der Waals surface area contributed by atoms with E-state index in [1.165, 1.54) is 9.88 Å². The van der Waals surface area contributed by atoms with E-state index in [9.17, 15) is 0 Å². The second-order valence-corrected chi connectivity index (χ2v) is 4.91. The molecule has 2 heterocycles. The Morgan fingerprint density at radius 2 is 2.50 bits per heavy atom. The molecule has 1 aliphatic rings. The van der Waals surface area contributed by atoms with Crippen molar-refractivity contribution in [2.24, 2.45) is 0 Å². The molecule has 0 bridgehead atoms. The number of aromatic nitrogens is 1. The van der Waals surface area contributed by atoms with Crippen LogP contribution in [-0.4, -0.2) is 24.7 Å². The summed E-state index contributed by atoms with van der Waals surface area (Å²) >= 11 is 1.77. The summed E-state index contributed by atoms with van der Waals surface area (Å²) in [7, 11) is 0. The Morgan fingerprint density at radius 1 is 1.64 bits per heavy atom. The molecular weight excluding hydrogens is 196 g/mol. The van der Waals surface area contributed by atoms with Gasteiger partial charge in [-0.1, -0.05) is 13.8 Å². The van der Waals surface area contributed by atoms with Crippen molar-refractivity contribution in [3.8, 4) is 0 Å². The number of nitrogens with one attached hydrogen (secondary N) is 1. The largest absolute Gasteiger partial charge is 0.370 e. The number of morpholine rings is 1. The maximum absolute atomic E-state index is 5.66. The van der Waals surface area contributed by atoms with Gasteiger partial charge in [-0.05, 0) is 0 Å². The van der Waals surface area contributed by atoms with Gasteiger partial charge in [0.2, 0.25) is 0 Å². The first-order chi connectivity index (χ1) is 6.77. The molecule has 2 rings (SSSR count).